The monoisotopic (exact) mass is 638 g/mol. The van der Waals surface area contributed by atoms with E-state index >= 15 is 0 Å². The second-order valence-corrected chi connectivity index (χ2v) is 12.3. The predicted octanol–water partition coefficient (Wildman–Crippen LogP) is 6.41. The van der Waals surface area contributed by atoms with E-state index in [-0.39, 0.29) is 18.9 Å². The molecule has 5 aromatic rings. The molecule has 1 aromatic heterocycles. The van der Waals surface area contributed by atoms with Gasteiger partial charge in [-0.3, -0.25) is 9.78 Å². The van der Waals surface area contributed by atoms with Crippen molar-refractivity contribution in [3.8, 4) is 11.1 Å². The van der Waals surface area contributed by atoms with Crippen molar-refractivity contribution < 1.29 is 19.8 Å². The summed E-state index contributed by atoms with van der Waals surface area (Å²) in [7, 11) is 0. The summed E-state index contributed by atoms with van der Waals surface area (Å²) in [4.78, 5) is 29.8. The van der Waals surface area contributed by atoms with E-state index in [1.807, 2.05) is 123 Å². The van der Waals surface area contributed by atoms with Gasteiger partial charge >= 0.3 is 24.8 Å². The van der Waals surface area contributed by atoms with Crippen LogP contribution in [0.3, 0.4) is 0 Å². The third-order valence-electron chi connectivity index (χ3n) is 8.34. The Kier molecular flexibility index (Phi) is 12.6. The average Bonchev–Trinajstić information content (AvgIpc) is 3.09. The summed E-state index contributed by atoms with van der Waals surface area (Å²) in [5, 5.41) is 24.9. The summed E-state index contributed by atoms with van der Waals surface area (Å²) in [6.45, 7) is 2.00. The predicted molar refractivity (Wildman–Crippen MR) is 192 cm³/mol. The van der Waals surface area contributed by atoms with Crippen molar-refractivity contribution in [1.82, 2.24) is 10.3 Å². The Morgan fingerprint density at radius 3 is 2.11 bits per heavy atom. The number of aliphatic hydroxyl groups is 1. The molecule has 5 rings (SSSR count). The molecule has 0 radical (unpaired) electrons. The second-order valence-electron chi connectivity index (χ2n) is 11.3. The quantitative estimate of drug-likeness (QED) is 0.129. The number of hydrogen-bond acceptors (Lipinski definition) is 5. The van der Waals surface area contributed by atoms with E-state index in [2.05, 4.69) is 10.3 Å². The Hall–Kier alpha value is -4.12. The number of nitrogens with zero attached hydrogens (tertiary/aromatic N) is 1. The number of pyridine rings is 1. The number of aliphatic carboxylic acids is 1. The first-order chi connectivity index (χ1) is 22.3. The van der Waals surface area contributed by atoms with Gasteiger partial charge in [0.05, 0.1) is 0 Å². The molecule has 1 unspecified atom stereocenters. The zero-order valence-corrected chi connectivity index (χ0v) is 26.8. The van der Waals surface area contributed by atoms with E-state index < -0.39 is 23.5 Å². The van der Waals surface area contributed by atoms with Crippen LogP contribution >= 0.6 is 11.8 Å². The van der Waals surface area contributed by atoms with Crippen LogP contribution in [0.2, 0.25) is 0 Å². The third kappa shape index (κ3) is 8.24. The van der Waals surface area contributed by atoms with Gasteiger partial charge in [-0.25, -0.2) is 4.79 Å². The number of nitrogens with one attached hydrogen (secondary N) is 1. The Morgan fingerprint density at radius 1 is 0.851 bits per heavy atom. The summed E-state index contributed by atoms with van der Waals surface area (Å²) < 4.78 is 0. The van der Waals surface area contributed by atoms with Gasteiger partial charge in [0.15, 0.2) is 0 Å². The number of carboxylic acid groups (broad SMARTS) is 1. The maximum atomic E-state index is 13.5. The summed E-state index contributed by atoms with van der Waals surface area (Å²) in [5.74, 6) is -0.834. The van der Waals surface area contributed by atoms with Crippen LogP contribution in [0, 0.1) is 6.92 Å². The molecule has 0 saturated heterocycles. The van der Waals surface area contributed by atoms with E-state index in [4.69, 9.17) is 0 Å². The summed E-state index contributed by atoms with van der Waals surface area (Å²) in [6.07, 6.45) is 7.00. The molecule has 47 heavy (non-hydrogen) atoms. The van der Waals surface area contributed by atoms with Crippen LogP contribution in [0.4, 0.5) is 0 Å². The van der Waals surface area contributed by atoms with Crippen LogP contribution in [-0.4, -0.2) is 64.0 Å². The van der Waals surface area contributed by atoms with Gasteiger partial charge in [0, 0.05) is 18.0 Å². The topological polar surface area (TPSA) is 99.5 Å². The molecule has 0 spiro atoms. The van der Waals surface area contributed by atoms with Crippen LogP contribution in [0.1, 0.15) is 50.2 Å². The molecule has 6 nitrogen and oxygen atoms in total. The van der Waals surface area contributed by atoms with Crippen molar-refractivity contribution >= 4 is 42.5 Å². The third-order valence-corrected chi connectivity index (χ3v) is 8.98. The molecule has 4 aromatic carbocycles. The first kappa shape index (κ1) is 35.7. The van der Waals surface area contributed by atoms with E-state index in [0.29, 0.717) is 30.6 Å². The molecule has 1 heterocycles. The molecule has 236 valence electrons. The van der Waals surface area contributed by atoms with Crippen LogP contribution < -0.4 is 5.32 Å². The van der Waals surface area contributed by atoms with E-state index in [9.17, 15) is 19.8 Å². The van der Waals surface area contributed by atoms with Gasteiger partial charge < -0.3 is 15.5 Å². The number of hydrogen-bond donors (Lipinski definition) is 3. The number of benzene rings is 4. The Bertz CT molecular complexity index is 1760. The van der Waals surface area contributed by atoms with Crippen molar-refractivity contribution in [2.75, 3.05) is 12.0 Å². The van der Waals surface area contributed by atoms with E-state index in [0.717, 1.165) is 44.5 Å². The Balaban J connectivity index is 0.00000500. The average molecular weight is 639 g/mol. The zero-order chi connectivity index (χ0) is 32.5. The number of rotatable bonds is 13. The first-order valence-electron chi connectivity index (χ1n) is 15.3. The number of carbonyl (C=O) groups excluding carboxylic acids is 1. The van der Waals surface area contributed by atoms with Gasteiger partial charge in [-0.15, -0.1) is 0 Å². The SMILES string of the molecule is CSCCC(NC(=O)c1ccc(CCc2cnccc2C(O)(c2ccccc2)c2ccccc2)cc1-c1ccccc1C)C(=O)O.[LiH]. The molecule has 8 heteroatoms. The number of aryl methyl sites for hydroxylation is 3. The number of carbonyl (C=O) groups is 2. The van der Waals surface area contributed by atoms with E-state index in [1.54, 1.807) is 24.0 Å². The normalized spacial score (nSPS) is 11.7. The molecular weight excluding hydrogens is 599 g/mol. The van der Waals surface area contributed by atoms with Gasteiger partial charge in [0.25, 0.3) is 5.91 Å². The van der Waals surface area contributed by atoms with E-state index in [1.165, 1.54) is 0 Å². The molecule has 0 bridgehead atoms. The molecule has 1 amide bonds. The first-order valence-corrected chi connectivity index (χ1v) is 16.7. The van der Waals surface area contributed by atoms with Crippen LogP contribution in [0.25, 0.3) is 11.1 Å². The van der Waals surface area contributed by atoms with Crippen molar-refractivity contribution in [2.24, 2.45) is 0 Å². The molecule has 0 aliphatic rings. The number of thioether (sulfide) groups is 1. The molecule has 3 N–H and O–H groups in total. The van der Waals surface area contributed by atoms with Crippen LogP contribution in [0.15, 0.2) is 122 Å². The summed E-state index contributed by atoms with van der Waals surface area (Å²) in [6, 6.07) is 33.8. The molecule has 0 fully saturated rings. The zero-order valence-electron chi connectivity index (χ0n) is 26.0. The molecule has 0 aliphatic heterocycles. The molecular formula is C39H39LiN2O4S. The van der Waals surface area contributed by atoms with Crippen molar-refractivity contribution in [2.45, 2.75) is 37.8 Å². The van der Waals surface area contributed by atoms with Crippen LogP contribution in [0.5, 0.6) is 0 Å². The van der Waals surface area contributed by atoms with Crippen molar-refractivity contribution in [3.05, 3.63) is 161 Å². The van der Waals surface area contributed by atoms with Gasteiger partial charge in [-0.05, 0) is 94.8 Å². The van der Waals surface area contributed by atoms with Gasteiger partial charge in [-0.2, -0.15) is 11.8 Å². The van der Waals surface area contributed by atoms with Crippen molar-refractivity contribution in [1.29, 1.82) is 0 Å². The standard InChI is InChI=1S/C39H38N2O4S.Li.H/c1-27-11-9-10-16-32(27)34-25-28(18-20-33(34)37(42)41-36(38(43)44)22-24-46-2)17-19-29-26-40-23-21-35(29)39(45,30-12-5-3-6-13-30)31-14-7-4-8-15-31;;/h3-16,18,20-21,23,25-26,36,45H,17,19,22,24H2,1-2H3,(H,41,42)(H,43,44);;. The fourth-order valence-electron chi connectivity index (χ4n) is 5.87. The summed E-state index contributed by atoms with van der Waals surface area (Å²) in [5.41, 5.74) is 5.93. The molecule has 0 aliphatic carbocycles. The second kappa shape index (κ2) is 16.6. The Morgan fingerprint density at radius 2 is 1.49 bits per heavy atom. The van der Waals surface area contributed by atoms with Gasteiger partial charge in [0.2, 0.25) is 0 Å². The molecule has 1 atom stereocenters. The minimum absolute atomic E-state index is 0. The summed E-state index contributed by atoms with van der Waals surface area (Å²) >= 11 is 1.54. The molecule has 0 saturated carbocycles. The number of carboxylic acids is 1. The van der Waals surface area contributed by atoms with Crippen LogP contribution in [-0.2, 0) is 23.2 Å². The Labute approximate surface area is 292 Å². The fraction of sp³-hybridized carbons (Fsp3) is 0.205. The van der Waals surface area contributed by atoms with Crippen molar-refractivity contribution in [3.63, 3.8) is 0 Å². The fourth-order valence-corrected chi connectivity index (χ4v) is 6.34. The number of aromatic nitrogens is 1. The number of amides is 1. The minimum atomic E-state index is -1.38. The van der Waals surface area contributed by atoms with Gasteiger partial charge in [0.1, 0.15) is 11.6 Å². The van der Waals surface area contributed by atoms with Gasteiger partial charge in [-0.1, -0.05) is 97.1 Å². The maximum absolute atomic E-state index is 13.5.